The molecule has 1 N–H and O–H groups in total. The van der Waals surface area contributed by atoms with E-state index in [1.807, 2.05) is 30.3 Å². The van der Waals surface area contributed by atoms with Gasteiger partial charge in [-0.25, -0.2) is 0 Å². The van der Waals surface area contributed by atoms with E-state index in [9.17, 15) is 4.79 Å². The summed E-state index contributed by atoms with van der Waals surface area (Å²) in [5.74, 6) is 0.637. The van der Waals surface area contributed by atoms with Gasteiger partial charge >= 0.3 is 0 Å². The highest BCUT2D eigenvalue weighted by Crippen LogP contribution is 2.20. The Morgan fingerprint density at radius 1 is 1.22 bits per heavy atom. The average Bonchev–Trinajstić information content (AvgIpc) is 3.05. The summed E-state index contributed by atoms with van der Waals surface area (Å²) in [6.45, 7) is 7.07. The molecule has 0 aliphatic carbocycles. The second-order valence-electron chi connectivity index (χ2n) is 6.56. The zero-order valence-corrected chi connectivity index (χ0v) is 14.6. The molecule has 1 aliphatic heterocycles. The highest BCUT2D eigenvalue weighted by atomic mass is 35.5. The van der Waals surface area contributed by atoms with Gasteiger partial charge < -0.3 is 10.2 Å². The lowest BCUT2D eigenvalue weighted by atomic mass is 10.0. The van der Waals surface area contributed by atoms with E-state index in [0.29, 0.717) is 12.0 Å². The van der Waals surface area contributed by atoms with E-state index in [1.54, 1.807) is 0 Å². The van der Waals surface area contributed by atoms with Crippen LogP contribution in [0.1, 0.15) is 30.6 Å². The van der Waals surface area contributed by atoms with Crippen molar-refractivity contribution in [3.8, 4) is 0 Å². The summed E-state index contributed by atoms with van der Waals surface area (Å²) < 4.78 is 0. The monoisotopic (exact) mass is 332 g/mol. The lowest BCUT2D eigenvalue weighted by Gasteiger charge is -2.30. The fourth-order valence-corrected chi connectivity index (χ4v) is 3.18. The highest BCUT2D eigenvalue weighted by Gasteiger charge is 2.27. The van der Waals surface area contributed by atoms with Crippen LogP contribution < -0.4 is 5.32 Å². The van der Waals surface area contributed by atoms with Crippen molar-refractivity contribution in [1.29, 1.82) is 0 Å². The fraction of sp³-hybridized carbons (Fsp3) is 0.421. The maximum absolute atomic E-state index is 13.0. The minimum absolute atomic E-state index is 0. The number of hydrogen-bond donors (Lipinski definition) is 1. The maximum Gasteiger partial charge on any atom is 0.254 e. The number of benzene rings is 2. The van der Waals surface area contributed by atoms with E-state index >= 15 is 0 Å². The van der Waals surface area contributed by atoms with Crippen molar-refractivity contribution in [2.75, 3.05) is 19.6 Å². The lowest BCUT2D eigenvalue weighted by molar-refractivity contribution is 0.0667. The quantitative estimate of drug-likeness (QED) is 0.925. The second-order valence-corrected chi connectivity index (χ2v) is 6.56. The van der Waals surface area contributed by atoms with Gasteiger partial charge in [0.05, 0.1) is 0 Å². The summed E-state index contributed by atoms with van der Waals surface area (Å²) in [6, 6.07) is 14.5. The van der Waals surface area contributed by atoms with Crippen LogP contribution in [0.25, 0.3) is 10.8 Å². The van der Waals surface area contributed by atoms with Gasteiger partial charge in [-0.05, 0) is 41.8 Å². The fourth-order valence-electron chi connectivity index (χ4n) is 3.18. The molecule has 1 fully saturated rings. The molecule has 2 aromatic rings. The topological polar surface area (TPSA) is 32.3 Å². The zero-order chi connectivity index (χ0) is 15.5. The molecule has 1 atom stereocenters. The molecular formula is C19H25ClN2O. The van der Waals surface area contributed by atoms with Crippen LogP contribution in [0.15, 0.2) is 42.5 Å². The number of hydrogen-bond acceptors (Lipinski definition) is 2. The third kappa shape index (κ3) is 4.04. The molecule has 124 valence electrons. The van der Waals surface area contributed by atoms with E-state index in [-0.39, 0.29) is 18.3 Å². The lowest BCUT2D eigenvalue weighted by Crippen LogP contribution is -2.43. The number of amides is 1. The van der Waals surface area contributed by atoms with Gasteiger partial charge in [0, 0.05) is 24.7 Å². The van der Waals surface area contributed by atoms with Crippen LogP contribution in [0, 0.1) is 5.92 Å². The van der Waals surface area contributed by atoms with Gasteiger partial charge in [-0.1, -0.05) is 44.2 Å². The summed E-state index contributed by atoms with van der Waals surface area (Å²) in [5.41, 5.74) is 0.797. The SMILES string of the molecule is CC(C)CN(C(=O)c1ccc2ccccc2c1)[C@@H]1CCNC1.Cl. The minimum Gasteiger partial charge on any atom is -0.334 e. The van der Waals surface area contributed by atoms with Gasteiger partial charge in [-0.15, -0.1) is 12.4 Å². The van der Waals surface area contributed by atoms with Crippen molar-refractivity contribution in [2.24, 2.45) is 5.92 Å². The van der Waals surface area contributed by atoms with Crippen molar-refractivity contribution in [3.63, 3.8) is 0 Å². The Morgan fingerprint density at radius 2 is 1.96 bits per heavy atom. The molecule has 3 nitrogen and oxygen atoms in total. The van der Waals surface area contributed by atoms with Crippen LogP contribution in [0.3, 0.4) is 0 Å². The number of rotatable bonds is 4. The number of halogens is 1. The Kier molecular flexibility index (Phi) is 6.03. The van der Waals surface area contributed by atoms with Gasteiger partial charge in [-0.3, -0.25) is 4.79 Å². The second kappa shape index (κ2) is 7.80. The zero-order valence-electron chi connectivity index (χ0n) is 13.8. The molecule has 0 bridgehead atoms. The molecule has 0 aromatic heterocycles. The Bertz CT molecular complexity index is 665. The minimum atomic E-state index is 0. The molecule has 1 aliphatic rings. The number of fused-ring (bicyclic) bond motifs is 1. The first-order valence-electron chi connectivity index (χ1n) is 8.15. The third-order valence-corrected chi connectivity index (χ3v) is 4.29. The number of nitrogens with one attached hydrogen (secondary N) is 1. The first-order valence-corrected chi connectivity index (χ1v) is 8.15. The molecule has 4 heteroatoms. The summed E-state index contributed by atoms with van der Waals surface area (Å²) in [7, 11) is 0. The molecule has 23 heavy (non-hydrogen) atoms. The van der Waals surface area contributed by atoms with Crippen LogP contribution in [-0.4, -0.2) is 36.5 Å². The van der Waals surface area contributed by atoms with E-state index in [0.717, 1.165) is 37.0 Å². The predicted molar refractivity (Wildman–Crippen MR) is 98.3 cm³/mol. The van der Waals surface area contributed by atoms with Crippen molar-refractivity contribution >= 4 is 29.1 Å². The van der Waals surface area contributed by atoms with Gasteiger partial charge in [0.1, 0.15) is 0 Å². The van der Waals surface area contributed by atoms with Crippen LogP contribution in [-0.2, 0) is 0 Å². The smallest absolute Gasteiger partial charge is 0.254 e. The van der Waals surface area contributed by atoms with E-state index in [2.05, 4.69) is 36.2 Å². The van der Waals surface area contributed by atoms with E-state index in [4.69, 9.17) is 0 Å². The van der Waals surface area contributed by atoms with E-state index < -0.39 is 0 Å². The van der Waals surface area contributed by atoms with Crippen molar-refractivity contribution in [2.45, 2.75) is 26.3 Å². The summed E-state index contributed by atoms with van der Waals surface area (Å²) in [4.78, 5) is 15.1. The molecule has 1 heterocycles. The highest BCUT2D eigenvalue weighted by molar-refractivity contribution is 5.98. The average molecular weight is 333 g/mol. The molecule has 1 saturated heterocycles. The Labute approximate surface area is 144 Å². The maximum atomic E-state index is 13.0. The van der Waals surface area contributed by atoms with Crippen LogP contribution in [0.2, 0.25) is 0 Å². The predicted octanol–water partition coefficient (Wildman–Crippen LogP) is 3.72. The number of nitrogens with zero attached hydrogens (tertiary/aromatic N) is 1. The molecule has 0 spiro atoms. The summed E-state index contributed by atoms with van der Waals surface area (Å²) >= 11 is 0. The van der Waals surface area contributed by atoms with Crippen molar-refractivity contribution in [1.82, 2.24) is 10.2 Å². The van der Waals surface area contributed by atoms with Gasteiger partial charge in [-0.2, -0.15) is 0 Å². The van der Waals surface area contributed by atoms with Gasteiger partial charge in [0.15, 0.2) is 0 Å². The normalized spacial score (nSPS) is 17.3. The standard InChI is InChI=1S/C19H24N2O.ClH/c1-14(2)13-21(18-9-10-20-12-18)19(22)17-8-7-15-5-3-4-6-16(15)11-17;/h3-8,11,14,18,20H,9-10,12-13H2,1-2H3;1H/t18-;/m1./s1. The van der Waals surface area contributed by atoms with Crippen LogP contribution in [0.4, 0.5) is 0 Å². The summed E-state index contributed by atoms with van der Waals surface area (Å²) in [5, 5.41) is 5.67. The third-order valence-electron chi connectivity index (χ3n) is 4.29. The molecule has 3 rings (SSSR count). The molecule has 0 radical (unpaired) electrons. The molecule has 2 aromatic carbocycles. The number of carbonyl (C=O) groups excluding carboxylic acids is 1. The molecular weight excluding hydrogens is 308 g/mol. The van der Waals surface area contributed by atoms with Crippen LogP contribution in [0.5, 0.6) is 0 Å². The molecule has 1 amide bonds. The Hall–Kier alpha value is -1.58. The molecule has 0 saturated carbocycles. The van der Waals surface area contributed by atoms with Crippen molar-refractivity contribution < 1.29 is 4.79 Å². The van der Waals surface area contributed by atoms with Crippen LogP contribution >= 0.6 is 12.4 Å². The first kappa shape index (κ1) is 17.8. The van der Waals surface area contributed by atoms with Gasteiger partial charge in [0.25, 0.3) is 5.91 Å². The van der Waals surface area contributed by atoms with Gasteiger partial charge in [0.2, 0.25) is 0 Å². The Morgan fingerprint density at radius 3 is 2.61 bits per heavy atom. The van der Waals surface area contributed by atoms with Crippen molar-refractivity contribution in [3.05, 3.63) is 48.0 Å². The summed E-state index contributed by atoms with van der Waals surface area (Å²) in [6.07, 6.45) is 1.05. The Balaban J connectivity index is 0.00000192. The van der Waals surface area contributed by atoms with E-state index in [1.165, 1.54) is 5.39 Å². The first-order chi connectivity index (χ1) is 10.6. The molecule has 0 unspecified atom stereocenters. The number of carbonyl (C=O) groups is 1. The largest absolute Gasteiger partial charge is 0.334 e.